The lowest BCUT2D eigenvalue weighted by atomic mass is 9.82. The third-order valence-electron chi connectivity index (χ3n) is 4.79. The number of hydrogen-bond acceptors (Lipinski definition) is 3. The molecule has 2 aromatic carbocycles. The molecule has 6 nitrogen and oxygen atoms in total. The third-order valence-corrected chi connectivity index (χ3v) is 4.79. The van der Waals surface area contributed by atoms with Crippen molar-refractivity contribution >= 4 is 17.8 Å². The number of amides is 2. The summed E-state index contributed by atoms with van der Waals surface area (Å²) in [5, 5.41) is 15.3. The molecule has 2 atom stereocenters. The zero-order valence-corrected chi connectivity index (χ0v) is 17.0. The van der Waals surface area contributed by atoms with Crippen molar-refractivity contribution in [3.8, 4) is 0 Å². The predicted molar refractivity (Wildman–Crippen MR) is 111 cm³/mol. The van der Waals surface area contributed by atoms with Gasteiger partial charge in [0.15, 0.2) is 0 Å². The van der Waals surface area contributed by atoms with E-state index in [1.54, 1.807) is 61.5 Å². The van der Waals surface area contributed by atoms with Crippen molar-refractivity contribution in [1.29, 1.82) is 0 Å². The van der Waals surface area contributed by atoms with Gasteiger partial charge in [-0.3, -0.25) is 14.4 Å². The molecule has 0 saturated heterocycles. The molecule has 0 spiro atoms. The van der Waals surface area contributed by atoms with Crippen LogP contribution in [-0.4, -0.2) is 29.4 Å². The molecule has 2 unspecified atom stereocenters. The van der Waals surface area contributed by atoms with E-state index in [1.807, 2.05) is 19.9 Å². The van der Waals surface area contributed by atoms with Crippen LogP contribution >= 0.6 is 0 Å². The minimum atomic E-state index is -1.29. The number of aliphatic carboxylic acids is 1. The van der Waals surface area contributed by atoms with Crippen molar-refractivity contribution < 1.29 is 19.5 Å². The van der Waals surface area contributed by atoms with Gasteiger partial charge in [-0.25, -0.2) is 0 Å². The summed E-state index contributed by atoms with van der Waals surface area (Å²) in [5.74, 6) is -1.56. The highest BCUT2D eigenvalue weighted by molar-refractivity contribution is 5.89. The molecule has 0 aliphatic rings. The zero-order valence-electron chi connectivity index (χ0n) is 17.0. The highest BCUT2D eigenvalue weighted by atomic mass is 16.4. The van der Waals surface area contributed by atoms with E-state index in [0.717, 1.165) is 0 Å². The minimum Gasteiger partial charge on any atom is -0.481 e. The largest absolute Gasteiger partial charge is 0.481 e. The highest BCUT2D eigenvalue weighted by Crippen LogP contribution is 2.24. The van der Waals surface area contributed by atoms with Crippen LogP contribution in [0.1, 0.15) is 44.4 Å². The number of nitrogens with one attached hydrogen (secondary N) is 2. The first kappa shape index (κ1) is 22.1. The van der Waals surface area contributed by atoms with E-state index in [0.29, 0.717) is 17.5 Å². The lowest BCUT2D eigenvalue weighted by molar-refractivity contribution is -0.143. The van der Waals surface area contributed by atoms with E-state index < -0.39 is 23.3 Å². The molecule has 2 rings (SSSR count). The molecule has 3 N–H and O–H groups in total. The Hall–Kier alpha value is -3.15. The van der Waals surface area contributed by atoms with Crippen molar-refractivity contribution in [2.45, 2.75) is 38.6 Å². The number of rotatable bonds is 9. The summed E-state index contributed by atoms with van der Waals surface area (Å²) in [6.07, 6.45) is 0.299. The predicted octanol–water partition coefficient (Wildman–Crippen LogP) is 3.05. The SMILES string of the molecule is CC(C)CC(=O)NC(C(=O)NCC(C)(C(=O)O)c1ccccc1)c1ccccc1. The topological polar surface area (TPSA) is 95.5 Å². The number of carboxylic acid groups (broad SMARTS) is 1. The maximum absolute atomic E-state index is 12.9. The van der Waals surface area contributed by atoms with E-state index in [9.17, 15) is 19.5 Å². The van der Waals surface area contributed by atoms with Crippen molar-refractivity contribution in [1.82, 2.24) is 10.6 Å². The molecule has 0 radical (unpaired) electrons. The van der Waals surface area contributed by atoms with Gasteiger partial charge in [0.05, 0.1) is 0 Å². The first-order chi connectivity index (χ1) is 13.7. The smallest absolute Gasteiger partial charge is 0.315 e. The van der Waals surface area contributed by atoms with Gasteiger partial charge in [0.1, 0.15) is 11.5 Å². The van der Waals surface area contributed by atoms with E-state index >= 15 is 0 Å². The summed E-state index contributed by atoms with van der Waals surface area (Å²) in [6, 6.07) is 16.8. The fourth-order valence-electron chi connectivity index (χ4n) is 3.01. The van der Waals surface area contributed by atoms with Crippen LogP contribution in [0.15, 0.2) is 60.7 Å². The Bertz CT molecular complexity index is 836. The maximum Gasteiger partial charge on any atom is 0.315 e. The maximum atomic E-state index is 12.9. The lowest BCUT2D eigenvalue weighted by Crippen LogP contribution is -2.48. The van der Waals surface area contributed by atoms with Crippen LogP contribution in [0.2, 0.25) is 0 Å². The minimum absolute atomic E-state index is 0.103. The van der Waals surface area contributed by atoms with Crippen LogP contribution in [0.3, 0.4) is 0 Å². The van der Waals surface area contributed by atoms with Crippen LogP contribution < -0.4 is 10.6 Å². The standard InChI is InChI=1S/C23H28N2O4/c1-16(2)14-19(26)25-20(17-10-6-4-7-11-17)21(27)24-15-23(3,22(28)29)18-12-8-5-9-13-18/h4-13,16,20H,14-15H2,1-3H3,(H,24,27)(H,25,26)(H,28,29). The Morgan fingerprint density at radius 3 is 2.03 bits per heavy atom. The zero-order chi connectivity index (χ0) is 21.4. The number of carbonyl (C=O) groups excluding carboxylic acids is 2. The van der Waals surface area contributed by atoms with Gasteiger partial charge in [0.2, 0.25) is 11.8 Å². The van der Waals surface area contributed by atoms with Crippen molar-refractivity contribution in [3.05, 3.63) is 71.8 Å². The van der Waals surface area contributed by atoms with Gasteiger partial charge in [0, 0.05) is 13.0 Å². The van der Waals surface area contributed by atoms with Gasteiger partial charge in [-0.05, 0) is 24.0 Å². The molecule has 2 amide bonds. The van der Waals surface area contributed by atoms with Crippen LogP contribution in [0, 0.1) is 5.92 Å². The summed E-state index contributed by atoms with van der Waals surface area (Å²) in [7, 11) is 0. The van der Waals surface area contributed by atoms with Crippen molar-refractivity contribution in [3.63, 3.8) is 0 Å². The molecule has 0 fully saturated rings. The lowest BCUT2D eigenvalue weighted by Gasteiger charge is -2.27. The van der Waals surface area contributed by atoms with E-state index in [1.165, 1.54) is 0 Å². The van der Waals surface area contributed by atoms with Gasteiger partial charge in [-0.2, -0.15) is 0 Å². The molecule has 0 bridgehead atoms. The van der Waals surface area contributed by atoms with E-state index in [-0.39, 0.29) is 18.4 Å². The van der Waals surface area contributed by atoms with Gasteiger partial charge < -0.3 is 15.7 Å². The number of hydrogen-bond donors (Lipinski definition) is 3. The summed E-state index contributed by atoms with van der Waals surface area (Å²) >= 11 is 0. The number of benzene rings is 2. The Labute approximate surface area is 171 Å². The Kier molecular flexibility index (Phi) is 7.53. The fraction of sp³-hybridized carbons (Fsp3) is 0.348. The van der Waals surface area contributed by atoms with Crippen LogP contribution in [0.5, 0.6) is 0 Å². The Morgan fingerprint density at radius 2 is 1.52 bits per heavy atom. The van der Waals surface area contributed by atoms with Crippen LogP contribution in [0.4, 0.5) is 0 Å². The van der Waals surface area contributed by atoms with Crippen LogP contribution in [0.25, 0.3) is 0 Å². The molecule has 6 heteroatoms. The van der Waals surface area contributed by atoms with Crippen LogP contribution in [-0.2, 0) is 19.8 Å². The van der Waals surface area contributed by atoms with Gasteiger partial charge in [0.25, 0.3) is 0 Å². The summed E-state index contributed by atoms with van der Waals surface area (Å²) in [4.78, 5) is 37.2. The first-order valence-corrected chi connectivity index (χ1v) is 9.65. The van der Waals surface area contributed by atoms with Gasteiger partial charge in [-0.1, -0.05) is 74.5 Å². The van der Waals surface area contributed by atoms with E-state index in [2.05, 4.69) is 10.6 Å². The van der Waals surface area contributed by atoms with Gasteiger partial charge >= 0.3 is 5.97 Å². The third kappa shape index (κ3) is 5.91. The monoisotopic (exact) mass is 396 g/mol. The molecule has 0 heterocycles. The second kappa shape index (κ2) is 9.87. The molecule has 0 aromatic heterocycles. The summed E-state index contributed by atoms with van der Waals surface area (Å²) < 4.78 is 0. The average molecular weight is 396 g/mol. The summed E-state index contributed by atoms with van der Waals surface area (Å²) in [6.45, 7) is 5.32. The normalized spacial score (nSPS) is 13.9. The molecular formula is C23H28N2O4. The summed E-state index contributed by atoms with van der Waals surface area (Å²) in [5.41, 5.74) is -0.0631. The Balaban J connectivity index is 2.20. The fourth-order valence-corrected chi connectivity index (χ4v) is 3.01. The Morgan fingerprint density at radius 1 is 0.966 bits per heavy atom. The number of carbonyl (C=O) groups is 3. The first-order valence-electron chi connectivity index (χ1n) is 9.65. The molecule has 154 valence electrons. The molecular weight excluding hydrogens is 368 g/mol. The highest BCUT2D eigenvalue weighted by Gasteiger charge is 2.36. The second-order valence-electron chi connectivity index (χ2n) is 7.73. The molecule has 0 aliphatic heterocycles. The second-order valence-corrected chi connectivity index (χ2v) is 7.73. The van der Waals surface area contributed by atoms with E-state index in [4.69, 9.17) is 0 Å². The van der Waals surface area contributed by atoms with Gasteiger partial charge in [-0.15, -0.1) is 0 Å². The average Bonchev–Trinajstić information content (AvgIpc) is 2.70. The molecule has 0 saturated carbocycles. The van der Waals surface area contributed by atoms with Crippen molar-refractivity contribution in [2.75, 3.05) is 6.54 Å². The quantitative estimate of drug-likeness (QED) is 0.607. The number of carboxylic acids is 1. The molecule has 0 aliphatic carbocycles. The van der Waals surface area contributed by atoms with Crippen molar-refractivity contribution in [2.24, 2.45) is 5.92 Å². The molecule has 29 heavy (non-hydrogen) atoms. The molecule has 2 aromatic rings.